The van der Waals surface area contributed by atoms with Crippen LogP contribution in [-0.4, -0.2) is 5.91 Å². The molecule has 0 saturated heterocycles. The van der Waals surface area contributed by atoms with Crippen molar-refractivity contribution in [1.29, 1.82) is 0 Å². The van der Waals surface area contributed by atoms with E-state index in [1.165, 1.54) is 0 Å². The smallest absolute Gasteiger partial charge is 0.250 e. The van der Waals surface area contributed by atoms with Gasteiger partial charge >= 0.3 is 0 Å². The maximum atomic E-state index is 11.2. The number of aryl methyl sites for hydroxylation is 1. The minimum atomic E-state index is -0.539. The van der Waals surface area contributed by atoms with Crippen molar-refractivity contribution in [3.8, 4) is 0 Å². The molecule has 1 aromatic carbocycles. The number of nitrogens with one attached hydrogen (secondary N) is 1. The second-order valence-electron chi connectivity index (χ2n) is 4.48. The van der Waals surface area contributed by atoms with Crippen molar-refractivity contribution in [2.75, 3.05) is 11.1 Å². The fraction of sp³-hybridized carbons (Fsp3) is 0.214. The van der Waals surface area contributed by atoms with E-state index in [1.807, 2.05) is 26.0 Å². The summed E-state index contributed by atoms with van der Waals surface area (Å²) in [6.07, 6.45) is 0. The standard InChI is InChI=1S/C14H17N3O2/c1-8-3-6-13(19-8)9(2)17-10-4-5-12(15)11(7-10)14(16)18/h3-7,9,17H,15H2,1-2H3,(H2,16,18). The first-order chi connectivity index (χ1) is 8.97. The number of hydrogen-bond donors (Lipinski definition) is 3. The molecule has 0 saturated carbocycles. The Morgan fingerprint density at radius 3 is 2.63 bits per heavy atom. The summed E-state index contributed by atoms with van der Waals surface area (Å²) in [7, 11) is 0. The van der Waals surface area contributed by atoms with E-state index < -0.39 is 5.91 Å². The molecule has 0 aliphatic rings. The molecule has 19 heavy (non-hydrogen) atoms. The Hall–Kier alpha value is -2.43. The predicted octanol–water partition coefficient (Wildman–Crippen LogP) is 2.44. The van der Waals surface area contributed by atoms with Crippen LogP contribution < -0.4 is 16.8 Å². The predicted molar refractivity (Wildman–Crippen MR) is 74.9 cm³/mol. The lowest BCUT2D eigenvalue weighted by Crippen LogP contribution is -2.14. The van der Waals surface area contributed by atoms with Crippen molar-refractivity contribution in [2.24, 2.45) is 5.73 Å². The van der Waals surface area contributed by atoms with E-state index in [4.69, 9.17) is 15.9 Å². The summed E-state index contributed by atoms with van der Waals surface area (Å²) in [6, 6.07) is 8.91. The quantitative estimate of drug-likeness (QED) is 0.735. The molecule has 0 radical (unpaired) electrons. The van der Waals surface area contributed by atoms with Crippen LogP contribution in [0.3, 0.4) is 0 Å². The van der Waals surface area contributed by atoms with Crippen LogP contribution in [0.15, 0.2) is 34.7 Å². The van der Waals surface area contributed by atoms with Crippen LogP contribution in [0.2, 0.25) is 0 Å². The van der Waals surface area contributed by atoms with Crippen LogP contribution in [0.4, 0.5) is 11.4 Å². The number of nitrogens with two attached hydrogens (primary N) is 2. The van der Waals surface area contributed by atoms with Crippen LogP contribution in [-0.2, 0) is 0 Å². The first-order valence-corrected chi connectivity index (χ1v) is 5.99. The number of furan rings is 1. The zero-order chi connectivity index (χ0) is 14.0. The molecule has 5 N–H and O–H groups in total. The Labute approximate surface area is 111 Å². The monoisotopic (exact) mass is 259 g/mol. The average Bonchev–Trinajstić information content (AvgIpc) is 2.78. The van der Waals surface area contributed by atoms with Gasteiger partial charge in [0.05, 0.1) is 11.6 Å². The fourth-order valence-corrected chi connectivity index (χ4v) is 1.87. The first-order valence-electron chi connectivity index (χ1n) is 5.99. The zero-order valence-corrected chi connectivity index (χ0v) is 10.9. The third kappa shape index (κ3) is 2.88. The molecule has 0 bridgehead atoms. The van der Waals surface area contributed by atoms with Gasteiger partial charge in [0.25, 0.3) is 5.91 Å². The summed E-state index contributed by atoms with van der Waals surface area (Å²) in [6.45, 7) is 3.86. The number of carbonyl (C=O) groups is 1. The lowest BCUT2D eigenvalue weighted by Gasteiger charge is -2.14. The van der Waals surface area contributed by atoms with Crippen molar-refractivity contribution in [3.05, 3.63) is 47.4 Å². The van der Waals surface area contributed by atoms with Crippen LogP contribution in [0.25, 0.3) is 0 Å². The summed E-state index contributed by atoms with van der Waals surface area (Å²) >= 11 is 0. The second kappa shape index (κ2) is 5.06. The Bertz CT molecular complexity index is 604. The van der Waals surface area contributed by atoms with Crippen molar-refractivity contribution in [1.82, 2.24) is 0 Å². The number of hydrogen-bond acceptors (Lipinski definition) is 4. The molecule has 0 fully saturated rings. The number of primary amides is 1. The van der Waals surface area contributed by atoms with E-state index in [1.54, 1.807) is 18.2 Å². The summed E-state index contributed by atoms with van der Waals surface area (Å²) in [5, 5.41) is 3.24. The molecule has 5 nitrogen and oxygen atoms in total. The maximum absolute atomic E-state index is 11.2. The molecular formula is C14H17N3O2. The van der Waals surface area contributed by atoms with Crippen molar-refractivity contribution < 1.29 is 9.21 Å². The van der Waals surface area contributed by atoms with Gasteiger partial charge in [0.15, 0.2) is 0 Å². The van der Waals surface area contributed by atoms with Gasteiger partial charge < -0.3 is 21.2 Å². The minimum Gasteiger partial charge on any atom is -0.464 e. The van der Waals surface area contributed by atoms with Crippen LogP contribution in [0.5, 0.6) is 0 Å². The Balaban J connectivity index is 2.19. The molecule has 5 heteroatoms. The molecule has 1 aromatic heterocycles. The number of amides is 1. The van der Waals surface area contributed by atoms with E-state index in [0.717, 1.165) is 17.2 Å². The van der Waals surface area contributed by atoms with Gasteiger partial charge in [0.1, 0.15) is 11.5 Å². The first kappa shape index (κ1) is 13.0. The lowest BCUT2D eigenvalue weighted by molar-refractivity contribution is 0.100. The van der Waals surface area contributed by atoms with E-state index in [2.05, 4.69) is 5.32 Å². The van der Waals surface area contributed by atoms with Gasteiger partial charge in [-0.25, -0.2) is 0 Å². The van der Waals surface area contributed by atoms with E-state index in [9.17, 15) is 4.79 Å². The molecule has 100 valence electrons. The third-order valence-corrected chi connectivity index (χ3v) is 2.89. The van der Waals surface area contributed by atoms with E-state index >= 15 is 0 Å². The minimum absolute atomic E-state index is 0.0157. The molecule has 0 aliphatic heterocycles. The van der Waals surface area contributed by atoms with Crippen molar-refractivity contribution in [3.63, 3.8) is 0 Å². The average molecular weight is 259 g/mol. The highest BCUT2D eigenvalue weighted by molar-refractivity contribution is 5.98. The fourth-order valence-electron chi connectivity index (χ4n) is 1.87. The van der Waals surface area contributed by atoms with Gasteiger partial charge in [0.2, 0.25) is 0 Å². The molecule has 2 rings (SSSR count). The highest BCUT2D eigenvalue weighted by Gasteiger charge is 2.11. The second-order valence-corrected chi connectivity index (χ2v) is 4.48. The highest BCUT2D eigenvalue weighted by Crippen LogP contribution is 2.23. The molecule has 1 amide bonds. The normalized spacial score (nSPS) is 12.1. The maximum Gasteiger partial charge on any atom is 0.250 e. The molecule has 0 aliphatic carbocycles. The van der Waals surface area contributed by atoms with Gasteiger partial charge in [-0.3, -0.25) is 4.79 Å². The molecular weight excluding hydrogens is 242 g/mol. The Morgan fingerprint density at radius 1 is 1.32 bits per heavy atom. The lowest BCUT2D eigenvalue weighted by atomic mass is 10.1. The van der Waals surface area contributed by atoms with Gasteiger partial charge in [-0.2, -0.15) is 0 Å². The molecule has 1 heterocycles. The summed E-state index contributed by atoms with van der Waals surface area (Å²) in [5.74, 6) is 1.15. The summed E-state index contributed by atoms with van der Waals surface area (Å²) in [4.78, 5) is 11.2. The van der Waals surface area contributed by atoms with E-state index in [-0.39, 0.29) is 6.04 Å². The number of benzene rings is 1. The summed E-state index contributed by atoms with van der Waals surface area (Å²) < 4.78 is 5.54. The largest absolute Gasteiger partial charge is 0.464 e. The van der Waals surface area contributed by atoms with Gasteiger partial charge in [-0.15, -0.1) is 0 Å². The van der Waals surface area contributed by atoms with Crippen LogP contribution >= 0.6 is 0 Å². The van der Waals surface area contributed by atoms with Gasteiger partial charge in [0, 0.05) is 11.4 Å². The molecule has 0 spiro atoms. The van der Waals surface area contributed by atoms with Crippen LogP contribution in [0, 0.1) is 6.92 Å². The van der Waals surface area contributed by atoms with Crippen LogP contribution in [0.1, 0.15) is 34.8 Å². The van der Waals surface area contributed by atoms with Crippen molar-refractivity contribution in [2.45, 2.75) is 19.9 Å². The topological polar surface area (TPSA) is 94.3 Å². The van der Waals surface area contributed by atoms with Gasteiger partial charge in [-0.05, 0) is 44.2 Å². The van der Waals surface area contributed by atoms with Gasteiger partial charge in [-0.1, -0.05) is 0 Å². The summed E-state index contributed by atoms with van der Waals surface area (Å²) in [5.41, 5.74) is 12.4. The number of nitrogen functional groups attached to an aromatic ring is 1. The molecule has 1 unspecified atom stereocenters. The highest BCUT2D eigenvalue weighted by atomic mass is 16.3. The van der Waals surface area contributed by atoms with E-state index in [0.29, 0.717) is 11.3 Å². The zero-order valence-electron chi connectivity index (χ0n) is 10.9. The molecule has 1 atom stereocenters. The molecule has 2 aromatic rings. The third-order valence-electron chi connectivity index (χ3n) is 2.89. The number of anilines is 2. The Morgan fingerprint density at radius 2 is 2.05 bits per heavy atom. The number of rotatable bonds is 4. The number of carbonyl (C=O) groups excluding carboxylic acids is 1. The van der Waals surface area contributed by atoms with Crippen molar-refractivity contribution >= 4 is 17.3 Å². The SMILES string of the molecule is Cc1ccc(C(C)Nc2ccc(N)c(C(N)=O)c2)o1. The Kier molecular flexibility index (Phi) is 3.46.